The highest BCUT2D eigenvalue weighted by Gasteiger charge is 2.48. The zero-order valence-corrected chi connectivity index (χ0v) is 24.1. The van der Waals surface area contributed by atoms with E-state index in [1.165, 1.54) is 26.0 Å². The van der Waals surface area contributed by atoms with Gasteiger partial charge in [0.2, 0.25) is 0 Å². The number of urea groups is 1. The Balaban J connectivity index is 0.000000464. The molecule has 0 radical (unpaired) electrons. The molecule has 0 aliphatic carbocycles. The molecule has 9 nitrogen and oxygen atoms in total. The molecular weight excluding hydrogens is 498 g/mol. The molecule has 2 N–H and O–H groups in total. The van der Waals surface area contributed by atoms with E-state index in [1.54, 1.807) is 25.2 Å². The molecular formula is C30H45N3O6. The molecule has 2 rings (SSSR count). The lowest BCUT2D eigenvalue weighted by Crippen LogP contribution is -2.55. The molecule has 1 aliphatic rings. The zero-order valence-electron chi connectivity index (χ0n) is 24.1. The smallest absolute Gasteiger partial charge is 0.322 e. The lowest BCUT2D eigenvalue weighted by atomic mass is 9.90. The lowest BCUT2D eigenvalue weighted by molar-refractivity contribution is -0.123. The minimum Gasteiger partial charge on any atom is -0.499 e. The molecule has 1 atom stereocenters. The number of amides is 3. The number of ether oxygens (including phenoxy) is 3. The third-order valence-corrected chi connectivity index (χ3v) is 6.23. The van der Waals surface area contributed by atoms with Crippen molar-refractivity contribution >= 4 is 18.2 Å². The number of carbonyl (C=O) groups excluding carboxylic acids is 3. The molecule has 1 saturated heterocycles. The number of allylic oxidation sites excluding steroid dienone is 2. The van der Waals surface area contributed by atoms with Crippen LogP contribution in [-0.4, -0.2) is 69.2 Å². The van der Waals surface area contributed by atoms with Gasteiger partial charge in [-0.1, -0.05) is 44.7 Å². The summed E-state index contributed by atoms with van der Waals surface area (Å²) in [4.78, 5) is 37.0. The number of hydrogen-bond acceptors (Lipinski definition) is 7. The van der Waals surface area contributed by atoms with Gasteiger partial charge >= 0.3 is 6.03 Å². The maximum Gasteiger partial charge on any atom is 0.322 e. The molecule has 0 bridgehead atoms. The van der Waals surface area contributed by atoms with Gasteiger partial charge in [0, 0.05) is 31.9 Å². The molecule has 1 heterocycles. The number of aldehydes is 1. The maximum absolute atomic E-state index is 12.3. The van der Waals surface area contributed by atoms with E-state index in [0.717, 1.165) is 50.3 Å². The molecule has 9 heteroatoms. The van der Waals surface area contributed by atoms with Crippen molar-refractivity contribution in [3.8, 4) is 5.75 Å². The lowest BCUT2D eigenvalue weighted by Gasteiger charge is -2.31. The van der Waals surface area contributed by atoms with Gasteiger partial charge in [0.25, 0.3) is 5.91 Å². The fraction of sp³-hybridized carbons (Fsp3) is 0.500. The normalized spacial score (nSPS) is 16.6. The quantitative estimate of drug-likeness (QED) is 0.0957. The average Bonchev–Trinajstić information content (AvgIpc) is 3.22. The van der Waals surface area contributed by atoms with E-state index in [0.29, 0.717) is 23.4 Å². The van der Waals surface area contributed by atoms with Crippen LogP contribution < -0.4 is 15.4 Å². The van der Waals surface area contributed by atoms with Crippen molar-refractivity contribution in [2.75, 3.05) is 40.5 Å². The van der Waals surface area contributed by atoms with Crippen LogP contribution in [0.3, 0.4) is 0 Å². The summed E-state index contributed by atoms with van der Waals surface area (Å²) in [6.07, 6.45) is 8.75. The molecule has 1 aromatic carbocycles. The van der Waals surface area contributed by atoms with Gasteiger partial charge in [0.1, 0.15) is 5.75 Å². The van der Waals surface area contributed by atoms with Crippen LogP contribution >= 0.6 is 0 Å². The molecule has 0 saturated carbocycles. The van der Waals surface area contributed by atoms with Crippen LogP contribution in [0.15, 0.2) is 54.8 Å². The predicted molar refractivity (Wildman–Crippen MR) is 154 cm³/mol. The second kappa shape index (κ2) is 18.0. The number of unbranched alkanes of at least 4 members (excludes halogenated alkanes) is 2. The summed E-state index contributed by atoms with van der Waals surface area (Å²) in [6.45, 7) is 16.8. The van der Waals surface area contributed by atoms with Gasteiger partial charge in [0.05, 0.1) is 19.5 Å². The molecule has 1 aromatic rings. The van der Waals surface area contributed by atoms with Crippen LogP contribution in [0.5, 0.6) is 5.75 Å². The number of nitrogens with zero attached hydrogens (tertiary/aromatic N) is 1. The van der Waals surface area contributed by atoms with Crippen LogP contribution in [0.4, 0.5) is 4.79 Å². The van der Waals surface area contributed by atoms with Crippen molar-refractivity contribution in [2.24, 2.45) is 0 Å². The summed E-state index contributed by atoms with van der Waals surface area (Å²) in [5.41, 5.74) is 0.402. The Hall–Kier alpha value is -3.43. The van der Waals surface area contributed by atoms with Crippen molar-refractivity contribution in [2.45, 2.75) is 58.5 Å². The standard InChI is InChI=1S/C18H21N3O4.C12H24O2/c1-5-12(2)18(16(23)19-17(24)20-18)11-21(3)9-13-6-7-15(25-4)8-14(13)10-22;1-4-6-9-13-10-7-8-11-14-12(3)5-2/h5-8,10H,1-2,9,11H2,3-4H3,(H2,19,20,23,24);5H,4,6-11H2,1-3H3/b;12-5+/t18-;/m0./s1. The van der Waals surface area contributed by atoms with Crippen molar-refractivity contribution < 1.29 is 28.6 Å². The summed E-state index contributed by atoms with van der Waals surface area (Å²) in [7, 11) is 3.32. The molecule has 0 unspecified atom stereocenters. The highest BCUT2D eigenvalue weighted by Crippen LogP contribution is 2.24. The minimum atomic E-state index is -1.28. The fourth-order valence-electron chi connectivity index (χ4n) is 3.78. The zero-order chi connectivity index (χ0) is 29.3. The van der Waals surface area contributed by atoms with Gasteiger partial charge in [-0.2, -0.15) is 0 Å². The number of likely N-dealkylation sites (N-methyl/N-ethyl adjacent to an activating group) is 1. The maximum atomic E-state index is 12.3. The molecule has 0 aromatic heterocycles. The molecule has 0 spiro atoms. The van der Waals surface area contributed by atoms with Gasteiger partial charge in [-0.3, -0.25) is 19.8 Å². The Bertz CT molecular complexity index is 1010. The highest BCUT2D eigenvalue weighted by atomic mass is 16.5. The van der Waals surface area contributed by atoms with Gasteiger partial charge in [-0.25, -0.2) is 4.79 Å². The molecule has 216 valence electrons. The Morgan fingerprint density at radius 2 is 1.85 bits per heavy atom. The molecule has 39 heavy (non-hydrogen) atoms. The highest BCUT2D eigenvalue weighted by molar-refractivity contribution is 6.09. The van der Waals surface area contributed by atoms with E-state index in [1.807, 2.05) is 24.8 Å². The van der Waals surface area contributed by atoms with Crippen LogP contribution in [-0.2, 0) is 20.8 Å². The van der Waals surface area contributed by atoms with E-state index < -0.39 is 17.5 Å². The molecule has 3 amide bonds. The first-order valence-electron chi connectivity index (χ1n) is 13.3. The van der Waals surface area contributed by atoms with E-state index in [9.17, 15) is 14.4 Å². The second-order valence-electron chi connectivity index (χ2n) is 9.32. The average molecular weight is 544 g/mol. The van der Waals surface area contributed by atoms with Gasteiger partial charge in [-0.15, -0.1) is 0 Å². The monoisotopic (exact) mass is 543 g/mol. The van der Waals surface area contributed by atoms with Crippen molar-refractivity contribution in [1.82, 2.24) is 15.5 Å². The Morgan fingerprint density at radius 3 is 2.41 bits per heavy atom. The van der Waals surface area contributed by atoms with Crippen molar-refractivity contribution in [1.29, 1.82) is 0 Å². The summed E-state index contributed by atoms with van der Waals surface area (Å²) in [5, 5.41) is 4.86. The number of rotatable bonds is 17. The second-order valence-corrected chi connectivity index (χ2v) is 9.32. The number of methoxy groups -OCH3 is 1. The Labute approximate surface area is 233 Å². The van der Waals surface area contributed by atoms with Crippen LogP contribution in [0, 0.1) is 0 Å². The number of nitrogens with one attached hydrogen (secondary N) is 2. The molecule has 1 aliphatic heterocycles. The Morgan fingerprint density at radius 1 is 1.15 bits per heavy atom. The number of carbonyl (C=O) groups is 3. The van der Waals surface area contributed by atoms with E-state index in [-0.39, 0.29) is 6.54 Å². The minimum absolute atomic E-state index is 0.180. The summed E-state index contributed by atoms with van der Waals surface area (Å²) in [6, 6.07) is 4.64. The van der Waals surface area contributed by atoms with E-state index >= 15 is 0 Å². The van der Waals surface area contributed by atoms with Crippen LogP contribution in [0.25, 0.3) is 0 Å². The number of benzene rings is 1. The van der Waals surface area contributed by atoms with E-state index in [2.05, 4.69) is 30.7 Å². The number of imide groups is 1. The summed E-state index contributed by atoms with van der Waals surface area (Å²) in [5.74, 6) is 1.13. The largest absolute Gasteiger partial charge is 0.499 e. The third kappa shape index (κ3) is 11.1. The summed E-state index contributed by atoms with van der Waals surface area (Å²) >= 11 is 0. The summed E-state index contributed by atoms with van der Waals surface area (Å²) < 4.78 is 16.0. The first kappa shape index (κ1) is 33.6. The number of hydrogen-bond donors (Lipinski definition) is 2. The topological polar surface area (TPSA) is 106 Å². The first-order chi connectivity index (χ1) is 18.7. The van der Waals surface area contributed by atoms with Crippen molar-refractivity contribution in [3.05, 3.63) is 66.0 Å². The predicted octanol–water partition coefficient (Wildman–Crippen LogP) is 4.78. The van der Waals surface area contributed by atoms with Gasteiger partial charge in [-0.05, 0) is 63.4 Å². The van der Waals surface area contributed by atoms with Gasteiger partial charge < -0.3 is 19.5 Å². The van der Waals surface area contributed by atoms with Crippen LogP contribution in [0.2, 0.25) is 0 Å². The fourth-order valence-corrected chi connectivity index (χ4v) is 3.78. The molecule has 1 fully saturated rings. The van der Waals surface area contributed by atoms with Gasteiger partial charge in [0.15, 0.2) is 11.8 Å². The SMILES string of the molecule is C/C=C(\C)OCCCCOCCCC.C=CC(=C)[C@]1(CN(C)Cc2ccc(OC)cc2C=O)NC(=O)NC1=O. The van der Waals surface area contributed by atoms with E-state index in [4.69, 9.17) is 14.2 Å². The third-order valence-electron chi connectivity index (χ3n) is 6.23. The first-order valence-corrected chi connectivity index (χ1v) is 13.3. The van der Waals surface area contributed by atoms with Crippen molar-refractivity contribution in [3.63, 3.8) is 0 Å². The Kier molecular flexibility index (Phi) is 15.5. The van der Waals surface area contributed by atoms with Crippen LogP contribution in [0.1, 0.15) is 62.4 Å².